The van der Waals surface area contributed by atoms with Gasteiger partial charge in [-0.2, -0.15) is 5.10 Å². The number of methoxy groups -OCH3 is 1. The third-order valence-corrected chi connectivity index (χ3v) is 9.38. The minimum absolute atomic E-state index is 0.140. The molecule has 1 amide bonds. The Bertz CT molecular complexity index is 1490. The number of esters is 1. The zero-order valence-corrected chi connectivity index (χ0v) is 23.6. The Morgan fingerprint density at radius 2 is 1.76 bits per heavy atom. The lowest BCUT2D eigenvalue weighted by Crippen LogP contribution is -2.44. The molecule has 3 fully saturated rings. The van der Waals surface area contributed by atoms with E-state index in [1.807, 2.05) is 29.2 Å². The van der Waals surface area contributed by atoms with E-state index in [4.69, 9.17) is 14.6 Å². The van der Waals surface area contributed by atoms with Crippen molar-refractivity contribution in [2.24, 2.45) is 0 Å². The van der Waals surface area contributed by atoms with E-state index in [2.05, 4.69) is 29.2 Å². The predicted molar refractivity (Wildman–Crippen MR) is 153 cm³/mol. The van der Waals surface area contributed by atoms with Crippen molar-refractivity contribution in [1.29, 1.82) is 0 Å². The van der Waals surface area contributed by atoms with E-state index in [1.54, 1.807) is 18.7 Å². The van der Waals surface area contributed by atoms with Gasteiger partial charge >= 0.3 is 5.97 Å². The van der Waals surface area contributed by atoms with E-state index < -0.39 is 5.97 Å². The zero-order chi connectivity index (χ0) is 28.4. The fourth-order valence-corrected chi connectivity index (χ4v) is 6.79. The number of fused-ring (bicyclic) bond motifs is 2. The molecule has 3 heterocycles. The van der Waals surface area contributed by atoms with Crippen LogP contribution in [-0.2, 0) is 15.6 Å². The second-order valence-electron chi connectivity index (χ2n) is 12.1. The van der Waals surface area contributed by atoms with Gasteiger partial charge in [-0.15, -0.1) is 0 Å². The number of anilines is 1. The van der Waals surface area contributed by atoms with Crippen molar-refractivity contribution in [3.8, 4) is 11.4 Å². The summed E-state index contributed by atoms with van der Waals surface area (Å²) in [6, 6.07) is 15.8. The van der Waals surface area contributed by atoms with Gasteiger partial charge in [0.15, 0.2) is 5.69 Å². The molecule has 0 radical (unpaired) electrons. The number of hydrogen-bond acceptors (Lipinski definition) is 7. The van der Waals surface area contributed by atoms with Crippen LogP contribution in [-0.4, -0.2) is 77.7 Å². The number of benzene rings is 2. The molecule has 2 saturated carbocycles. The van der Waals surface area contributed by atoms with Crippen molar-refractivity contribution in [1.82, 2.24) is 14.7 Å². The minimum atomic E-state index is -0.492. The van der Waals surface area contributed by atoms with E-state index in [-0.39, 0.29) is 35.1 Å². The molecule has 9 nitrogen and oxygen atoms in total. The lowest BCUT2D eigenvalue weighted by molar-refractivity contribution is 0.0516. The molecule has 1 spiro atoms. The summed E-state index contributed by atoms with van der Waals surface area (Å²) in [5.74, 6) is 0.0333. The monoisotopic (exact) mass is 556 g/mol. The highest BCUT2D eigenvalue weighted by Gasteiger charge is 2.56. The summed E-state index contributed by atoms with van der Waals surface area (Å²) in [5, 5.41) is 14.7. The lowest BCUT2D eigenvalue weighted by Gasteiger charge is -2.34. The molecule has 0 unspecified atom stereocenters. The van der Waals surface area contributed by atoms with Gasteiger partial charge in [0.1, 0.15) is 11.4 Å². The molecule has 1 atom stereocenters. The molecule has 2 aromatic carbocycles. The average Bonchev–Trinajstić information content (AvgIpc) is 3.86. The van der Waals surface area contributed by atoms with Crippen LogP contribution in [0.3, 0.4) is 0 Å². The van der Waals surface area contributed by atoms with Crippen LogP contribution in [0.15, 0.2) is 48.5 Å². The quantitative estimate of drug-likeness (QED) is 0.421. The van der Waals surface area contributed by atoms with Crippen LogP contribution in [0, 0.1) is 0 Å². The van der Waals surface area contributed by atoms with Gasteiger partial charge in [0, 0.05) is 48.3 Å². The number of aliphatic hydroxyl groups excluding tert-OH is 1. The van der Waals surface area contributed by atoms with Crippen LogP contribution in [0.4, 0.5) is 5.69 Å². The number of ether oxygens (including phenoxy) is 2. The second-order valence-corrected chi connectivity index (χ2v) is 12.1. The highest BCUT2D eigenvalue weighted by atomic mass is 16.5. The van der Waals surface area contributed by atoms with Crippen LogP contribution in [0.25, 0.3) is 5.69 Å². The van der Waals surface area contributed by atoms with Crippen molar-refractivity contribution in [2.75, 3.05) is 44.8 Å². The Labute approximate surface area is 239 Å². The molecule has 2 aliphatic heterocycles. The number of amides is 1. The number of aliphatic hydroxyl groups is 1. The van der Waals surface area contributed by atoms with Gasteiger partial charge in [-0.05, 0) is 81.0 Å². The van der Waals surface area contributed by atoms with Crippen LogP contribution in [0.5, 0.6) is 5.75 Å². The largest absolute Gasteiger partial charge is 0.497 e. The first-order valence-electron chi connectivity index (χ1n) is 14.6. The van der Waals surface area contributed by atoms with Crippen LogP contribution >= 0.6 is 0 Å². The fraction of sp³-hybridized carbons (Fsp3) is 0.469. The Balaban J connectivity index is 1.23. The molecule has 4 aliphatic rings. The third-order valence-electron chi connectivity index (χ3n) is 9.38. The molecule has 7 rings (SSSR count). The summed E-state index contributed by atoms with van der Waals surface area (Å²) in [6.07, 6.45) is 4.69. The van der Waals surface area contributed by atoms with E-state index in [0.29, 0.717) is 23.7 Å². The van der Waals surface area contributed by atoms with Crippen LogP contribution < -0.4 is 9.64 Å². The van der Waals surface area contributed by atoms with E-state index in [1.165, 1.54) is 5.56 Å². The lowest BCUT2D eigenvalue weighted by atomic mass is 9.88. The predicted octanol–water partition coefficient (Wildman–Crippen LogP) is 3.85. The first-order chi connectivity index (χ1) is 19.9. The number of rotatable bonds is 8. The molecule has 1 N–H and O–H groups in total. The molecule has 2 aliphatic carbocycles. The number of β-amino-alcohol motifs (C(OH)–C–C–N with tert-alkyl or cyclic N) is 1. The Hall–Kier alpha value is -3.69. The van der Waals surface area contributed by atoms with Gasteiger partial charge < -0.3 is 19.5 Å². The summed E-state index contributed by atoms with van der Waals surface area (Å²) < 4.78 is 12.3. The van der Waals surface area contributed by atoms with Gasteiger partial charge in [-0.25, -0.2) is 9.48 Å². The van der Waals surface area contributed by atoms with Gasteiger partial charge in [0.25, 0.3) is 5.91 Å². The van der Waals surface area contributed by atoms with Crippen LogP contribution in [0.1, 0.15) is 71.1 Å². The van der Waals surface area contributed by atoms with Gasteiger partial charge in [0.2, 0.25) is 0 Å². The van der Waals surface area contributed by atoms with Crippen molar-refractivity contribution in [3.05, 3.63) is 71.0 Å². The molecule has 0 bridgehead atoms. The van der Waals surface area contributed by atoms with Gasteiger partial charge in [-0.1, -0.05) is 12.1 Å². The third kappa shape index (κ3) is 4.42. The van der Waals surface area contributed by atoms with E-state index in [9.17, 15) is 14.7 Å². The molecular formula is C32H36N4O5. The smallest absolute Gasteiger partial charge is 0.359 e. The number of carbonyl (C=O) groups is 2. The van der Waals surface area contributed by atoms with Crippen molar-refractivity contribution >= 4 is 17.6 Å². The second kappa shape index (κ2) is 9.70. The normalized spacial score (nSPS) is 22.1. The van der Waals surface area contributed by atoms with Crippen molar-refractivity contribution < 1.29 is 24.2 Å². The van der Waals surface area contributed by atoms with Gasteiger partial charge in [0.05, 0.1) is 25.5 Å². The van der Waals surface area contributed by atoms with E-state index in [0.717, 1.165) is 63.0 Å². The standard InChI is InChI=1S/C32H36N4O5/c1-3-41-30(39)27-26-28(36(33-27)23-8-10-25(40-2)11-9-23)29(38)35(20-32(26)15-16-32)22-6-4-21(5-7-22)31(13-14-31)19-34-17-12-24(37)18-34/h4-11,24,37H,3,12-20H2,1-2H3/t24-/m1/s1. The topological polar surface area (TPSA) is 97.1 Å². The van der Waals surface area contributed by atoms with Crippen molar-refractivity contribution in [3.63, 3.8) is 0 Å². The first-order valence-corrected chi connectivity index (χ1v) is 14.6. The molecule has 3 aromatic rings. The highest BCUT2D eigenvalue weighted by molar-refractivity contribution is 6.10. The summed E-state index contributed by atoms with van der Waals surface area (Å²) >= 11 is 0. The maximum absolute atomic E-state index is 14.3. The molecule has 1 aromatic heterocycles. The maximum Gasteiger partial charge on any atom is 0.359 e. The Morgan fingerprint density at radius 3 is 2.34 bits per heavy atom. The SMILES string of the molecule is CCOC(=O)c1nn(-c2ccc(OC)cc2)c2c1C1(CC1)CN(c1ccc(C3(CN4CC[C@@H](O)C4)CC3)cc1)C2=O. The molecular weight excluding hydrogens is 520 g/mol. The zero-order valence-electron chi connectivity index (χ0n) is 23.6. The number of carbonyl (C=O) groups excluding carboxylic acids is 2. The summed E-state index contributed by atoms with van der Waals surface area (Å²) in [5.41, 5.74) is 4.03. The number of aromatic nitrogens is 2. The summed E-state index contributed by atoms with van der Waals surface area (Å²) in [6.45, 7) is 5.19. The maximum atomic E-state index is 14.3. The van der Waals surface area contributed by atoms with E-state index >= 15 is 0 Å². The first kappa shape index (κ1) is 26.2. The number of hydrogen-bond donors (Lipinski definition) is 1. The van der Waals surface area contributed by atoms with Crippen LogP contribution in [0.2, 0.25) is 0 Å². The fourth-order valence-electron chi connectivity index (χ4n) is 6.79. The average molecular weight is 557 g/mol. The molecule has 214 valence electrons. The summed E-state index contributed by atoms with van der Waals surface area (Å²) in [4.78, 5) is 31.5. The molecule has 1 saturated heterocycles. The number of likely N-dealkylation sites (tertiary alicyclic amines) is 1. The minimum Gasteiger partial charge on any atom is -0.497 e. The Morgan fingerprint density at radius 1 is 1.05 bits per heavy atom. The van der Waals surface area contributed by atoms with Gasteiger partial charge in [-0.3, -0.25) is 9.69 Å². The summed E-state index contributed by atoms with van der Waals surface area (Å²) in [7, 11) is 1.61. The molecule has 9 heteroatoms. The molecule has 41 heavy (non-hydrogen) atoms. The number of nitrogens with zero attached hydrogens (tertiary/aromatic N) is 4. The Kier molecular flexibility index (Phi) is 6.21. The highest BCUT2D eigenvalue weighted by Crippen LogP contribution is 2.55. The van der Waals surface area contributed by atoms with Crippen molar-refractivity contribution in [2.45, 2.75) is 56.0 Å².